The number of hydrogen-bond donors (Lipinski definition) is 1. The second-order valence-corrected chi connectivity index (χ2v) is 17.4. The van der Waals surface area contributed by atoms with Crippen molar-refractivity contribution in [2.45, 2.75) is 58.2 Å². The molecule has 0 aromatic carbocycles. The molecule has 112 valence electrons. The summed E-state index contributed by atoms with van der Waals surface area (Å²) in [6, 6.07) is 0.803. The van der Waals surface area contributed by atoms with Crippen molar-refractivity contribution in [2.24, 2.45) is 0 Å². The molecule has 0 fully saturated rings. The highest BCUT2D eigenvalue weighted by Gasteiger charge is 2.26. The van der Waals surface area contributed by atoms with Gasteiger partial charge >= 0.3 is 5.97 Å². The molecule has 0 amide bonds. The largest absolute Gasteiger partial charge is 0.478 e. The van der Waals surface area contributed by atoms with Crippen molar-refractivity contribution in [1.82, 2.24) is 0 Å². The zero-order valence-electron chi connectivity index (χ0n) is 13.2. The number of rotatable bonds is 8. The Hall–Kier alpha value is -0.219. The summed E-state index contributed by atoms with van der Waals surface area (Å²) in [5, 5.41) is 8.82. The van der Waals surface area contributed by atoms with Crippen LogP contribution in [0.25, 0.3) is 0 Å². The Morgan fingerprint density at radius 3 is 1.89 bits per heavy atom. The molecule has 0 aliphatic heterocycles. The third kappa shape index (κ3) is 11.3. The zero-order valence-corrected chi connectivity index (χ0v) is 16.7. The highest BCUT2D eigenvalue weighted by molar-refractivity contribution is 6.71. The molecule has 19 heavy (non-hydrogen) atoms. The van der Waals surface area contributed by atoms with E-state index >= 15 is 0 Å². The smallest absolute Gasteiger partial charge is 0.330 e. The fourth-order valence-corrected chi connectivity index (χ4v) is 8.04. The van der Waals surface area contributed by atoms with Crippen LogP contribution in [0.2, 0.25) is 45.3 Å². The average Bonchev–Trinajstić information content (AvgIpc) is 2.11. The summed E-state index contributed by atoms with van der Waals surface area (Å²) < 4.78 is 12.2. The molecule has 0 aliphatic rings. The maximum atomic E-state index is 10.7. The zero-order chi connectivity index (χ0) is 15.3. The molecule has 0 aromatic heterocycles. The number of allylic oxidation sites excluding steroid dienone is 1. The second-order valence-electron chi connectivity index (χ2n) is 6.66. The highest BCUT2D eigenvalue weighted by atomic mass is 28.4. The van der Waals surface area contributed by atoms with Crippen molar-refractivity contribution in [1.29, 1.82) is 0 Å². The molecule has 0 aliphatic carbocycles. The molecule has 1 N–H and O–H groups in total. The van der Waals surface area contributed by atoms with Gasteiger partial charge < -0.3 is 14.0 Å². The van der Waals surface area contributed by atoms with Gasteiger partial charge in [0, 0.05) is 5.57 Å². The van der Waals surface area contributed by atoms with Gasteiger partial charge in [-0.3, -0.25) is 0 Å². The van der Waals surface area contributed by atoms with E-state index in [0.29, 0.717) is 5.57 Å². The van der Waals surface area contributed by atoms with Gasteiger partial charge in [0.2, 0.25) is 0 Å². The molecule has 0 aromatic rings. The van der Waals surface area contributed by atoms with Crippen LogP contribution in [0.4, 0.5) is 0 Å². The Kier molecular flexibility index (Phi) is 7.45. The van der Waals surface area contributed by atoms with Crippen LogP contribution in [0.3, 0.4) is 0 Å². The average molecular weight is 321 g/mol. The molecule has 0 bridgehead atoms. The molecule has 0 heterocycles. The van der Waals surface area contributed by atoms with Crippen molar-refractivity contribution in [3.8, 4) is 0 Å². The molecule has 0 atom stereocenters. The van der Waals surface area contributed by atoms with Gasteiger partial charge in [-0.05, 0) is 52.2 Å². The molecule has 4 nitrogen and oxygen atoms in total. The minimum Gasteiger partial charge on any atom is -0.478 e. The maximum Gasteiger partial charge on any atom is 0.330 e. The maximum absolute atomic E-state index is 10.7. The van der Waals surface area contributed by atoms with E-state index in [1.807, 2.05) is 0 Å². The van der Waals surface area contributed by atoms with Crippen molar-refractivity contribution in [3.63, 3.8) is 0 Å². The van der Waals surface area contributed by atoms with E-state index in [9.17, 15) is 4.79 Å². The number of aliphatic carboxylic acids is 1. The normalized spacial score (nSPS) is 14.6. The predicted molar refractivity (Wildman–Crippen MR) is 87.4 cm³/mol. The summed E-state index contributed by atoms with van der Waals surface area (Å²) in [7, 11) is -3.87. The van der Waals surface area contributed by atoms with E-state index in [1.54, 1.807) is 13.0 Å². The quantitative estimate of drug-likeness (QED) is 0.424. The van der Waals surface area contributed by atoms with Gasteiger partial charge in [0.15, 0.2) is 16.6 Å². The van der Waals surface area contributed by atoms with E-state index in [1.165, 1.54) is 0 Å². The van der Waals surface area contributed by atoms with Crippen LogP contribution in [-0.4, -0.2) is 43.1 Å². The van der Waals surface area contributed by atoms with Gasteiger partial charge in [-0.1, -0.05) is 6.08 Å². The van der Waals surface area contributed by atoms with Crippen molar-refractivity contribution >= 4 is 32.1 Å². The van der Waals surface area contributed by atoms with Crippen LogP contribution < -0.4 is 0 Å². The van der Waals surface area contributed by atoms with Gasteiger partial charge in [0.1, 0.15) is 5.91 Å². The van der Waals surface area contributed by atoms with Gasteiger partial charge in [-0.25, -0.2) is 4.79 Å². The van der Waals surface area contributed by atoms with Gasteiger partial charge in [0.25, 0.3) is 0 Å². The molecule has 0 saturated carbocycles. The summed E-state index contributed by atoms with van der Waals surface area (Å²) in [5.74, 6) is -0.918. The van der Waals surface area contributed by atoms with Crippen molar-refractivity contribution < 1.29 is 18.8 Å². The van der Waals surface area contributed by atoms with Gasteiger partial charge in [0.05, 0.1) is 9.52 Å². The van der Waals surface area contributed by atoms with Crippen molar-refractivity contribution in [3.05, 3.63) is 11.6 Å². The lowest BCUT2D eigenvalue weighted by Crippen LogP contribution is -2.42. The van der Waals surface area contributed by atoms with Crippen LogP contribution >= 0.6 is 0 Å². The lowest BCUT2D eigenvalue weighted by atomic mass is 10.3. The van der Waals surface area contributed by atoms with E-state index in [-0.39, 0.29) is 5.91 Å². The molecule has 0 rings (SSSR count). The van der Waals surface area contributed by atoms with Gasteiger partial charge in [-0.2, -0.15) is 0 Å². The third-order valence-electron chi connectivity index (χ3n) is 2.16. The fourth-order valence-electron chi connectivity index (χ4n) is 1.45. The number of hydrogen-bond acceptors (Lipinski definition) is 3. The van der Waals surface area contributed by atoms with E-state index in [4.69, 9.17) is 14.0 Å². The lowest BCUT2D eigenvalue weighted by Gasteiger charge is -2.31. The SMILES string of the molecule is CC(=CC[SiH2]C(O[Si](C)(C)C)O[Si](C)(C)C)C(=O)O. The first-order valence-corrected chi connectivity index (χ1v) is 15.3. The summed E-state index contributed by atoms with van der Waals surface area (Å²) in [5.41, 5.74) is 0.409. The van der Waals surface area contributed by atoms with Crippen LogP contribution in [0, 0.1) is 0 Å². The van der Waals surface area contributed by atoms with Crippen LogP contribution in [-0.2, 0) is 13.6 Å². The van der Waals surface area contributed by atoms with E-state index in [2.05, 4.69) is 39.3 Å². The molecular weight excluding hydrogens is 292 g/mol. The number of carbonyl (C=O) groups is 1. The highest BCUT2D eigenvalue weighted by Crippen LogP contribution is 2.14. The van der Waals surface area contributed by atoms with Crippen molar-refractivity contribution in [2.75, 3.05) is 0 Å². The molecule has 0 saturated heterocycles. The van der Waals surface area contributed by atoms with Crippen LogP contribution in [0.1, 0.15) is 6.92 Å². The Balaban J connectivity index is 4.51. The Morgan fingerprint density at radius 1 is 1.16 bits per heavy atom. The number of carboxylic acids is 1. The Bertz CT molecular complexity index is 313. The first-order chi connectivity index (χ1) is 8.41. The van der Waals surface area contributed by atoms with E-state index < -0.39 is 32.1 Å². The summed E-state index contributed by atoms with van der Waals surface area (Å²) in [4.78, 5) is 10.7. The lowest BCUT2D eigenvalue weighted by molar-refractivity contribution is -0.132. The fraction of sp³-hybridized carbons (Fsp3) is 0.750. The third-order valence-corrected chi connectivity index (χ3v) is 6.19. The predicted octanol–water partition coefficient (Wildman–Crippen LogP) is 2.59. The molecular formula is C12H28O4Si3. The van der Waals surface area contributed by atoms with Crippen LogP contribution in [0.5, 0.6) is 0 Å². The standard InChI is InChI=1S/C12H28O4Si3/c1-10(11(13)14)8-9-17-12(15-18(2,3)4)16-19(5,6)7/h8,12H,9,17H2,1-7H3,(H,13,14). The summed E-state index contributed by atoms with van der Waals surface area (Å²) >= 11 is 0. The number of carboxylic acid groups (broad SMARTS) is 1. The summed E-state index contributed by atoms with van der Waals surface area (Å²) in [6.45, 7) is 14.5. The Labute approximate surface area is 121 Å². The summed E-state index contributed by atoms with van der Waals surface area (Å²) in [6.07, 6.45) is 1.79. The minimum atomic E-state index is -1.62. The monoisotopic (exact) mass is 320 g/mol. The first kappa shape index (κ1) is 18.8. The molecule has 7 heteroatoms. The van der Waals surface area contributed by atoms with E-state index in [0.717, 1.165) is 6.04 Å². The Morgan fingerprint density at radius 2 is 1.58 bits per heavy atom. The second kappa shape index (κ2) is 7.53. The molecule has 0 spiro atoms. The molecule has 0 unspecified atom stereocenters. The molecule has 0 radical (unpaired) electrons. The van der Waals surface area contributed by atoms with Gasteiger partial charge in [-0.15, -0.1) is 0 Å². The van der Waals surface area contributed by atoms with Crippen LogP contribution in [0.15, 0.2) is 11.6 Å². The first-order valence-electron chi connectivity index (χ1n) is 6.66. The minimum absolute atomic E-state index is 0.0730. The topological polar surface area (TPSA) is 55.8 Å².